The predicted octanol–water partition coefficient (Wildman–Crippen LogP) is 3.20. The SMILES string of the molecule is CN(c1ccccc1Nc1ccnc(Nc2ccc(C(=O)O)c(F)c2)n1)S(C)(=O)=O. The smallest absolute Gasteiger partial charge is 0.338 e. The number of hydrogen-bond donors (Lipinski definition) is 3. The Hall–Kier alpha value is -3.73. The Morgan fingerprint density at radius 3 is 2.53 bits per heavy atom. The summed E-state index contributed by atoms with van der Waals surface area (Å²) in [6.45, 7) is 0. The number of aromatic nitrogens is 2. The van der Waals surface area contributed by atoms with Crippen molar-refractivity contribution in [2.75, 3.05) is 28.2 Å². The number of para-hydroxylation sites is 2. The monoisotopic (exact) mass is 431 g/mol. The maximum Gasteiger partial charge on any atom is 0.338 e. The standard InChI is InChI=1S/C19H18FN5O4S/c1-25(30(2,28)29)16-6-4-3-5-15(16)23-17-9-10-21-19(24-17)22-12-7-8-13(18(26)27)14(20)11-12/h3-11H,1-2H3,(H,26,27)(H2,21,22,23,24). The molecule has 0 bridgehead atoms. The van der Waals surface area contributed by atoms with E-state index < -0.39 is 27.4 Å². The summed E-state index contributed by atoms with van der Waals surface area (Å²) in [4.78, 5) is 19.2. The molecular formula is C19H18FN5O4S. The molecule has 30 heavy (non-hydrogen) atoms. The lowest BCUT2D eigenvalue weighted by atomic mass is 10.2. The van der Waals surface area contributed by atoms with Crippen LogP contribution in [0.3, 0.4) is 0 Å². The molecule has 9 nitrogen and oxygen atoms in total. The summed E-state index contributed by atoms with van der Waals surface area (Å²) in [5.41, 5.74) is 0.765. The molecule has 0 radical (unpaired) electrons. The number of carboxylic acid groups (broad SMARTS) is 1. The predicted molar refractivity (Wildman–Crippen MR) is 112 cm³/mol. The van der Waals surface area contributed by atoms with E-state index in [4.69, 9.17) is 5.11 Å². The number of nitrogens with zero attached hydrogens (tertiary/aromatic N) is 3. The number of nitrogens with one attached hydrogen (secondary N) is 2. The molecule has 156 valence electrons. The molecule has 0 saturated carbocycles. The van der Waals surface area contributed by atoms with Gasteiger partial charge in [-0.1, -0.05) is 12.1 Å². The van der Waals surface area contributed by atoms with Crippen LogP contribution < -0.4 is 14.9 Å². The molecule has 1 heterocycles. The van der Waals surface area contributed by atoms with Crippen LogP contribution in [0, 0.1) is 5.82 Å². The van der Waals surface area contributed by atoms with Crippen LogP contribution >= 0.6 is 0 Å². The normalized spacial score (nSPS) is 11.0. The Balaban J connectivity index is 1.84. The number of halogens is 1. The van der Waals surface area contributed by atoms with Gasteiger partial charge in [0.05, 0.1) is 23.2 Å². The lowest BCUT2D eigenvalue weighted by Crippen LogP contribution is -2.25. The van der Waals surface area contributed by atoms with Crippen molar-refractivity contribution in [3.05, 3.63) is 66.1 Å². The molecule has 0 fully saturated rings. The van der Waals surface area contributed by atoms with E-state index in [0.29, 0.717) is 17.2 Å². The maximum atomic E-state index is 13.9. The number of sulfonamides is 1. The zero-order valence-electron chi connectivity index (χ0n) is 16.0. The van der Waals surface area contributed by atoms with Gasteiger partial charge in [-0.05, 0) is 36.4 Å². The summed E-state index contributed by atoms with van der Waals surface area (Å²) < 4.78 is 38.8. The van der Waals surface area contributed by atoms with E-state index >= 15 is 0 Å². The summed E-state index contributed by atoms with van der Waals surface area (Å²) >= 11 is 0. The number of aromatic carboxylic acids is 1. The van der Waals surface area contributed by atoms with E-state index in [1.165, 1.54) is 19.3 Å². The zero-order chi connectivity index (χ0) is 21.9. The Labute approximate surface area is 172 Å². The van der Waals surface area contributed by atoms with E-state index in [1.807, 2.05) is 0 Å². The molecule has 11 heteroatoms. The minimum absolute atomic E-state index is 0.136. The largest absolute Gasteiger partial charge is 0.478 e. The first-order chi connectivity index (χ1) is 14.1. The molecule has 0 atom stereocenters. The number of rotatable bonds is 7. The van der Waals surface area contributed by atoms with E-state index in [9.17, 15) is 17.6 Å². The average molecular weight is 431 g/mol. The third-order valence-electron chi connectivity index (χ3n) is 4.11. The average Bonchev–Trinajstić information content (AvgIpc) is 2.67. The van der Waals surface area contributed by atoms with Gasteiger partial charge in [0.2, 0.25) is 16.0 Å². The molecule has 2 aromatic carbocycles. The minimum atomic E-state index is -3.46. The first-order valence-electron chi connectivity index (χ1n) is 8.58. The maximum absolute atomic E-state index is 13.9. The summed E-state index contributed by atoms with van der Waals surface area (Å²) in [5, 5.41) is 14.7. The van der Waals surface area contributed by atoms with E-state index in [-0.39, 0.29) is 11.6 Å². The van der Waals surface area contributed by atoms with Gasteiger partial charge in [0.25, 0.3) is 0 Å². The molecular weight excluding hydrogens is 413 g/mol. The number of carbonyl (C=O) groups is 1. The van der Waals surface area contributed by atoms with Gasteiger partial charge in [-0.15, -0.1) is 0 Å². The number of carboxylic acids is 1. The minimum Gasteiger partial charge on any atom is -0.478 e. The highest BCUT2D eigenvalue weighted by molar-refractivity contribution is 7.92. The van der Waals surface area contributed by atoms with Crippen molar-refractivity contribution in [1.29, 1.82) is 0 Å². The van der Waals surface area contributed by atoms with Crippen molar-refractivity contribution in [3.63, 3.8) is 0 Å². The number of hydrogen-bond acceptors (Lipinski definition) is 7. The Morgan fingerprint density at radius 1 is 1.13 bits per heavy atom. The summed E-state index contributed by atoms with van der Waals surface area (Å²) in [7, 11) is -2.02. The Kier molecular flexibility index (Phi) is 5.83. The zero-order valence-corrected chi connectivity index (χ0v) is 16.8. The number of benzene rings is 2. The highest BCUT2D eigenvalue weighted by Crippen LogP contribution is 2.29. The van der Waals surface area contributed by atoms with Crippen LogP contribution in [0.25, 0.3) is 0 Å². The van der Waals surface area contributed by atoms with Gasteiger partial charge in [-0.2, -0.15) is 4.98 Å². The lowest BCUT2D eigenvalue weighted by molar-refractivity contribution is 0.0692. The second kappa shape index (κ2) is 8.33. The van der Waals surface area contributed by atoms with E-state index in [2.05, 4.69) is 20.6 Å². The van der Waals surface area contributed by atoms with Crippen molar-refractivity contribution in [2.24, 2.45) is 0 Å². The quantitative estimate of drug-likeness (QED) is 0.521. The second-order valence-corrected chi connectivity index (χ2v) is 8.28. The van der Waals surface area contributed by atoms with Crippen molar-refractivity contribution in [1.82, 2.24) is 9.97 Å². The van der Waals surface area contributed by atoms with Crippen LogP contribution in [-0.4, -0.2) is 42.8 Å². The molecule has 0 amide bonds. The molecule has 0 aliphatic carbocycles. The molecule has 1 aromatic heterocycles. The first kappa shape index (κ1) is 21.0. The number of anilines is 5. The van der Waals surface area contributed by atoms with Gasteiger partial charge < -0.3 is 15.7 Å². The topological polar surface area (TPSA) is 125 Å². The molecule has 3 aromatic rings. The summed E-state index contributed by atoms with van der Waals surface area (Å²) in [6, 6.07) is 12.0. The van der Waals surface area contributed by atoms with Crippen LogP contribution in [0.5, 0.6) is 0 Å². The van der Waals surface area contributed by atoms with E-state index in [1.54, 1.807) is 30.3 Å². The third-order valence-corrected chi connectivity index (χ3v) is 5.31. The van der Waals surface area contributed by atoms with Crippen molar-refractivity contribution in [2.45, 2.75) is 0 Å². The fraction of sp³-hybridized carbons (Fsp3) is 0.105. The Morgan fingerprint density at radius 2 is 1.87 bits per heavy atom. The van der Waals surface area contributed by atoms with Crippen LogP contribution in [0.4, 0.5) is 33.2 Å². The Bertz CT molecular complexity index is 1200. The molecule has 3 rings (SSSR count). The van der Waals surface area contributed by atoms with Crippen molar-refractivity contribution < 1.29 is 22.7 Å². The van der Waals surface area contributed by atoms with Gasteiger partial charge in [-0.3, -0.25) is 4.31 Å². The molecule has 3 N–H and O–H groups in total. The highest BCUT2D eigenvalue weighted by Gasteiger charge is 2.16. The van der Waals surface area contributed by atoms with Crippen LogP contribution in [-0.2, 0) is 10.0 Å². The van der Waals surface area contributed by atoms with Crippen molar-refractivity contribution in [3.8, 4) is 0 Å². The van der Waals surface area contributed by atoms with E-state index in [0.717, 1.165) is 22.7 Å². The van der Waals surface area contributed by atoms with Crippen LogP contribution in [0.1, 0.15) is 10.4 Å². The molecule has 0 aliphatic heterocycles. The molecule has 0 saturated heterocycles. The van der Waals surface area contributed by atoms with Gasteiger partial charge in [-0.25, -0.2) is 22.6 Å². The van der Waals surface area contributed by atoms with Crippen LogP contribution in [0.2, 0.25) is 0 Å². The van der Waals surface area contributed by atoms with Crippen LogP contribution in [0.15, 0.2) is 54.7 Å². The second-order valence-electron chi connectivity index (χ2n) is 6.26. The summed E-state index contributed by atoms with van der Waals surface area (Å²) in [5.74, 6) is -1.75. The van der Waals surface area contributed by atoms with Crippen molar-refractivity contribution >= 4 is 44.8 Å². The molecule has 0 aliphatic rings. The third kappa shape index (κ3) is 4.81. The van der Waals surface area contributed by atoms with Gasteiger partial charge in [0.15, 0.2) is 0 Å². The van der Waals surface area contributed by atoms with Gasteiger partial charge in [0.1, 0.15) is 11.6 Å². The lowest BCUT2D eigenvalue weighted by Gasteiger charge is -2.20. The summed E-state index contributed by atoms with van der Waals surface area (Å²) in [6.07, 6.45) is 2.56. The fourth-order valence-corrected chi connectivity index (χ4v) is 3.07. The fourth-order valence-electron chi connectivity index (χ4n) is 2.55. The molecule has 0 spiro atoms. The highest BCUT2D eigenvalue weighted by atomic mass is 32.2. The first-order valence-corrected chi connectivity index (χ1v) is 10.4. The molecule has 0 unspecified atom stereocenters. The van der Waals surface area contributed by atoms with Gasteiger partial charge >= 0.3 is 5.97 Å². The van der Waals surface area contributed by atoms with Gasteiger partial charge in [0, 0.05) is 18.9 Å².